The molecule has 1 aliphatic rings. The first-order chi connectivity index (χ1) is 17.3. The fourth-order valence-corrected chi connectivity index (χ4v) is 4.86. The third-order valence-electron chi connectivity index (χ3n) is 6.40. The summed E-state index contributed by atoms with van der Waals surface area (Å²) in [7, 11) is 0. The molecule has 192 valence electrons. The summed E-state index contributed by atoms with van der Waals surface area (Å²) in [5, 5.41) is 3.79. The number of carbonyl (C=O) groups excluding carboxylic acids is 1. The predicted molar refractivity (Wildman–Crippen MR) is 153 cm³/mol. The topological polar surface area (TPSA) is 74.2 Å². The van der Waals surface area contributed by atoms with E-state index in [0.717, 1.165) is 72.6 Å². The van der Waals surface area contributed by atoms with Gasteiger partial charge in [0.25, 0.3) is 5.91 Å². The van der Waals surface area contributed by atoms with Crippen molar-refractivity contribution in [2.75, 3.05) is 26.2 Å². The molecule has 1 aromatic carbocycles. The summed E-state index contributed by atoms with van der Waals surface area (Å²) in [4.78, 5) is 18.8. The van der Waals surface area contributed by atoms with Gasteiger partial charge in [-0.1, -0.05) is 49.7 Å². The van der Waals surface area contributed by atoms with Gasteiger partial charge in [0.15, 0.2) is 0 Å². The lowest BCUT2D eigenvalue weighted by Crippen LogP contribution is -2.30. The van der Waals surface area contributed by atoms with Crippen LogP contribution in [0.5, 0.6) is 0 Å². The highest BCUT2D eigenvalue weighted by Gasteiger charge is 2.18. The fourth-order valence-electron chi connectivity index (χ4n) is 4.67. The first-order valence-electron chi connectivity index (χ1n) is 12.8. The van der Waals surface area contributed by atoms with Crippen molar-refractivity contribution >= 4 is 29.2 Å². The minimum Gasteiger partial charge on any atom is -0.398 e. The predicted octanol–water partition coefficient (Wildman–Crippen LogP) is 6.49. The van der Waals surface area contributed by atoms with Gasteiger partial charge in [-0.15, -0.1) is 0 Å². The molecule has 1 aromatic heterocycles. The normalized spacial score (nSPS) is 14.3. The van der Waals surface area contributed by atoms with E-state index in [1.807, 2.05) is 56.3 Å². The summed E-state index contributed by atoms with van der Waals surface area (Å²) < 4.78 is 0. The van der Waals surface area contributed by atoms with Gasteiger partial charge in [-0.3, -0.25) is 4.79 Å². The average Bonchev–Trinajstić information content (AvgIpc) is 3.10. The molecule has 0 atom stereocenters. The second kappa shape index (κ2) is 13.3. The molecule has 0 saturated carbocycles. The van der Waals surface area contributed by atoms with Crippen LogP contribution in [0.15, 0.2) is 65.4 Å². The first-order valence-corrected chi connectivity index (χ1v) is 13.2. The maximum atomic E-state index is 13.1. The van der Waals surface area contributed by atoms with Crippen LogP contribution in [0.25, 0.3) is 11.6 Å². The highest BCUT2D eigenvalue weighted by molar-refractivity contribution is 6.30. The second-order valence-electron chi connectivity index (χ2n) is 9.27. The molecule has 0 unspecified atom stereocenters. The van der Waals surface area contributed by atoms with E-state index < -0.39 is 0 Å². The van der Waals surface area contributed by atoms with Gasteiger partial charge < -0.3 is 20.9 Å². The molecular weight excluding hydrogens is 468 g/mol. The molecule has 5 nitrogen and oxygen atoms in total. The number of hydrogen-bond donors (Lipinski definition) is 3. The quantitative estimate of drug-likeness (QED) is 0.305. The third-order valence-corrected chi connectivity index (χ3v) is 6.64. The number of nitrogens with zero attached hydrogens (tertiary/aromatic N) is 1. The zero-order valence-electron chi connectivity index (χ0n) is 22.0. The number of aromatic amines is 1. The van der Waals surface area contributed by atoms with Crippen LogP contribution in [0.1, 0.15) is 67.3 Å². The maximum Gasteiger partial charge on any atom is 0.253 e. The Bertz CT molecular complexity index is 1190. The lowest BCUT2D eigenvalue weighted by Gasteiger charge is -2.19. The Morgan fingerprint density at radius 3 is 2.78 bits per heavy atom. The number of allylic oxidation sites excluding steroid dienone is 5. The van der Waals surface area contributed by atoms with Crippen LogP contribution in [-0.4, -0.2) is 42.0 Å². The molecule has 0 fully saturated rings. The molecule has 2 aromatic rings. The van der Waals surface area contributed by atoms with E-state index in [-0.39, 0.29) is 5.91 Å². The molecule has 4 N–H and O–H groups in total. The Morgan fingerprint density at radius 2 is 2.06 bits per heavy atom. The van der Waals surface area contributed by atoms with Crippen molar-refractivity contribution in [2.45, 2.75) is 47.0 Å². The van der Waals surface area contributed by atoms with Crippen molar-refractivity contribution in [3.63, 3.8) is 0 Å². The molecule has 3 rings (SSSR count). The summed E-state index contributed by atoms with van der Waals surface area (Å²) in [5.41, 5.74) is 13.7. The number of hydrogen-bond acceptors (Lipinski definition) is 3. The van der Waals surface area contributed by atoms with Gasteiger partial charge in [0.05, 0.1) is 11.3 Å². The minimum absolute atomic E-state index is 0.0629. The highest BCUT2D eigenvalue weighted by atomic mass is 35.5. The Hall–Kier alpha value is -3.02. The SMILES string of the molecule is CCCN(CC)CCCNC(=O)c1cc(C)[nH]c1/C=C(\C)C1=C(c2cccc(Cl)c2)CC=CC=C1N. The Balaban J connectivity index is 1.85. The molecular formula is C30H39ClN4O. The van der Waals surface area contributed by atoms with Crippen LogP contribution in [0.4, 0.5) is 0 Å². The van der Waals surface area contributed by atoms with Gasteiger partial charge in [-0.25, -0.2) is 0 Å². The molecule has 0 spiro atoms. The van der Waals surface area contributed by atoms with Crippen molar-refractivity contribution in [3.05, 3.63) is 92.9 Å². The number of aromatic nitrogens is 1. The fraction of sp³-hybridized carbons (Fsp3) is 0.367. The van der Waals surface area contributed by atoms with Crippen molar-refractivity contribution in [2.24, 2.45) is 5.73 Å². The summed E-state index contributed by atoms with van der Waals surface area (Å²) in [5.74, 6) is -0.0629. The summed E-state index contributed by atoms with van der Waals surface area (Å²) >= 11 is 6.30. The second-order valence-corrected chi connectivity index (χ2v) is 9.71. The van der Waals surface area contributed by atoms with Crippen LogP contribution in [0.2, 0.25) is 5.02 Å². The molecule has 1 amide bonds. The molecule has 0 saturated heterocycles. The number of aryl methyl sites for hydroxylation is 1. The van der Waals surface area contributed by atoms with Gasteiger partial charge >= 0.3 is 0 Å². The van der Waals surface area contributed by atoms with Crippen LogP contribution in [-0.2, 0) is 0 Å². The zero-order chi connectivity index (χ0) is 26.1. The van der Waals surface area contributed by atoms with Gasteiger partial charge in [0.1, 0.15) is 0 Å². The first kappa shape index (κ1) is 27.6. The lowest BCUT2D eigenvalue weighted by molar-refractivity contribution is 0.0951. The maximum absolute atomic E-state index is 13.1. The van der Waals surface area contributed by atoms with E-state index in [9.17, 15) is 4.79 Å². The van der Waals surface area contributed by atoms with E-state index >= 15 is 0 Å². The van der Waals surface area contributed by atoms with E-state index in [4.69, 9.17) is 17.3 Å². The number of nitrogens with one attached hydrogen (secondary N) is 2. The number of carbonyl (C=O) groups is 1. The molecule has 36 heavy (non-hydrogen) atoms. The van der Waals surface area contributed by atoms with Crippen molar-refractivity contribution in [3.8, 4) is 0 Å². The average molecular weight is 507 g/mol. The van der Waals surface area contributed by atoms with E-state index in [0.29, 0.717) is 22.8 Å². The summed E-state index contributed by atoms with van der Waals surface area (Å²) in [6.07, 6.45) is 10.8. The summed E-state index contributed by atoms with van der Waals surface area (Å²) in [6.45, 7) is 12.1. The largest absolute Gasteiger partial charge is 0.398 e. The lowest BCUT2D eigenvalue weighted by atomic mass is 9.91. The molecule has 0 radical (unpaired) electrons. The molecule has 1 heterocycles. The van der Waals surface area contributed by atoms with E-state index in [2.05, 4.69) is 41.2 Å². The Kier molecular flexibility index (Phi) is 10.2. The smallest absolute Gasteiger partial charge is 0.253 e. The highest BCUT2D eigenvalue weighted by Crippen LogP contribution is 2.34. The molecule has 0 aliphatic heterocycles. The van der Waals surface area contributed by atoms with Crippen LogP contribution in [0.3, 0.4) is 0 Å². The van der Waals surface area contributed by atoms with Crippen molar-refractivity contribution in [1.82, 2.24) is 15.2 Å². The molecule has 1 aliphatic carbocycles. The van der Waals surface area contributed by atoms with Gasteiger partial charge in [-0.05, 0) is 99.8 Å². The van der Waals surface area contributed by atoms with Crippen LogP contribution in [0, 0.1) is 6.92 Å². The van der Waals surface area contributed by atoms with Crippen molar-refractivity contribution in [1.29, 1.82) is 0 Å². The number of amides is 1. The van der Waals surface area contributed by atoms with E-state index in [1.54, 1.807) is 0 Å². The van der Waals surface area contributed by atoms with Gasteiger partial charge in [-0.2, -0.15) is 0 Å². The minimum atomic E-state index is -0.0629. The van der Waals surface area contributed by atoms with Crippen molar-refractivity contribution < 1.29 is 4.79 Å². The molecule has 0 bridgehead atoms. The Labute approximate surface area is 220 Å². The number of halogens is 1. The van der Waals surface area contributed by atoms with Crippen LogP contribution < -0.4 is 11.1 Å². The number of benzene rings is 1. The molecule has 6 heteroatoms. The standard InChI is InChI=1S/C30H39ClN4O/c1-5-16-35(6-2)17-10-15-33-30(36)26-19-22(4)34-28(26)18-21(3)29-25(13-7-8-14-27(29)32)23-11-9-12-24(31)20-23/h7-9,11-12,14,18-20,34H,5-6,10,13,15-17,32H2,1-4H3,(H,33,36)/b21-18+. The Morgan fingerprint density at radius 1 is 1.25 bits per heavy atom. The third kappa shape index (κ3) is 7.25. The monoisotopic (exact) mass is 506 g/mol. The van der Waals surface area contributed by atoms with Gasteiger partial charge in [0, 0.05) is 28.5 Å². The number of nitrogens with two attached hydrogens (primary N) is 1. The zero-order valence-corrected chi connectivity index (χ0v) is 22.7. The van der Waals surface area contributed by atoms with Gasteiger partial charge in [0.2, 0.25) is 0 Å². The summed E-state index contributed by atoms with van der Waals surface area (Å²) in [6, 6.07) is 9.75. The van der Waals surface area contributed by atoms with E-state index in [1.165, 1.54) is 0 Å². The number of H-pyrrole nitrogens is 1. The number of rotatable bonds is 11. The van der Waals surface area contributed by atoms with Crippen LogP contribution >= 0.6 is 11.6 Å².